The second-order valence-electron chi connectivity index (χ2n) is 4.31. The van der Waals surface area contributed by atoms with Gasteiger partial charge in [-0.05, 0) is 26.3 Å². The molecule has 0 bridgehead atoms. The summed E-state index contributed by atoms with van der Waals surface area (Å²) in [5.41, 5.74) is -0.361. The summed E-state index contributed by atoms with van der Waals surface area (Å²) in [5, 5.41) is 17.6. The van der Waals surface area contributed by atoms with Crippen LogP contribution >= 0.6 is 0 Å². The van der Waals surface area contributed by atoms with Gasteiger partial charge in [-0.2, -0.15) is 5.26 Å². The highest BCUT2D eigenvalue weighted by molar-refractivity contribution is 5.87. The number of nitrogens with zero attached hydrogens (tertiary/aromatic N) is 2. The molecular weight excluding hydrogens is 220 g/mol. The van der Waals surface area contributed by atoms with Crippen molar-refractivity contribution in [1.29, 1.82) is 5.26 Å². The lowest BCUT2D eigenvalue weighted by Gasteiger charge is -2.15. The standard InChI is InChI=1S/C12H14N2O3/c1-12(2,8-13)3-4-17-10-5-9(11(15)16)6-14-7-10/h5-7H,3-4H2,1-2H3,(H,15,16). The lowest BCUT2D eigenvalue weighted by molar-refractivity contribution is 0.0695. The van der Waals surface area contributed by atoms with Crippen molar-refractivity contribution in [1.82, 2.24) is 4.98 Å². The van der Waals surface area contributed by atoms with Gasteiger partial charge in [0.2, 0.25) is 0 Å². The van der Waals surface area contributed by atoms with Crippen LogP contribution in [0.3, 0.4) is 0 Å². The van der Waals surface area contributed by atoms with E-state index in [9.17, 15) is 4.79 Å². The van der Waals surface area contributed by atoms with Crippen LogP contribution in [0.15, 0.2) is 18.5 Å². The van der Waals surface area contributed by atoms with Gasteiger partial charge in [0.05, 0.1) is 29.9 Å². The van der Waals surface area contributed by atoms with Gasteiger partial charge in [0.25, 0.3) is 0 Å². The molecule has 1 rings (SSSR count). The minimum Gasteiger partial charge on any atom is -0.492 e. The summed E-state index contributed by atoms with van der Waals surface area (Å²) < 4.78 is 5.36. The van der Waals surface area contributed by atoms with Crippen LogP contribution in [0.1, 0.15) is 30.6 Å². The zero-order valence-electron chi connectivity index (χ0n) is 9.80. The van der Waals surface area contributed by atoms with Crippen molar-refractivity contribution in [3.05, 3.63) is 24.0 Å². The third-order valence-corrected chi connectivity index (χ3v) is 2.26. The summed E-state index contributed by atoms with van der Waals surface area (Å²) in [6.45, 7) is 4.00. The van der Waals surface area contributed by atoms with E-state index in [4.69, 9.17) is 15.1 Å². The SMILES string of the molecule is CC(C)(C#N)CCOc1cncc(C(=O)O)c1. The predicted octanol–water partition coefficient (Wildman–Crippen LogP) is 2.10. The van der Waals surface area contributed by atoms with Crippen LogP contribution in [0, 0.1) is 16.7 Å². The van der Waals surface area contributed by atoms with Gasteiger partial charge < -0.3 is 9.84 Å². The second-order valence-corrected chi connectivity index (χ2v) is 4.31. The topological polar surface area (TPSA) is 83.2 Å². The molecular formula is C12H14N2O3. The molecule has 1 aromatic rings. The van der Waals surface area contributed by atoms with Gasteiger partial charge in [-0.15, -0.1) is 0 Å². The third kappa shape index (κ3) is 4.11. The number of ether oxygens (including phenoxy) is 1. The smallest absolute Gasteiger partial charge is 0.337 e. The Kier molecular flexibility index (Phi) is 4.05. The molecule has 0 radical (unpaired) electrons. The van der Waals surface area contributed by atoms with Gasteiger partial charge >= 0.3 is 5.97 Å². The van der Waals surface area contributed by atoms with Crippen LogP contribution < -0.4 is 4.74 Å². The highest BCUT2D eigenvalue weighted by Crippen LogP contribution is 2.19. The van der Waals surface area contributed by atoms with Crippen molar-refractivity contribution < 1.29 is 14.6 Å². The van der Waals surface area contributed by atoms with Crippen LogP contribution in [0.5, 0.6) is 5.75 Å². The first-order chi connectivity index (χ1) is 7.94. The van der Waals surface area contributed by atoms with Crippen LogP contribution in [0.25, 0.3) is 0 Å². The van der Waals surface area contributed by atoms with E-state index in [1.54, 1.807) is 0 Å². The first-order valence-electron chi connectivity index (χ1n) is 5.17. The highest BCUT2D eigenvalue weighted by atomic mass is 16.5. The van der Waals surface area contributed by atoms with Crippen molar-refractivity contribution in [2.45, 2.75) is 20.3 Å². The Morgan fingerprint density at radius 3 is 2.88 bits per heavy atom. The summed E-state index contributed by atoms with van der Waals surface area (Å²) in [5.74, 6) is -0.640. The van der Waals surface area contributed by atoms with E-state index in [0.29, 0.717) is 18.8 Å². The van der Waals surface area contributed by atoms with E-state index in [1.165, 1.54) is 18.5 Å². The maximum Gasteiger partial charge on any atom is 0.337 e. The predicted molar refractivity (Wildman–Crippen MR) is 60.7 cm³/mol. The lowest BCUT2D eigenvalue weighted by Crippen LogP contribution is -2.13. The molecule has 0 atom stereocenters. The molecule has 0 fully saturated rings. The number of nitriles is 1. The summed E-state index contributed by atoms with van der Waals surface area (Å²) in [4.78, 5) is 14.5. The number of carboxylic acids is 1. The van der Waals surface area contributed by atoms with E-state index in [0.717, 1.165) is 0 Å². The summed E-state index contributed by atoms with van der Waals surface area (Å²) in [7, 11) is 0. The number of carboxylic acid groups (broad SMARTS) is 1. The lowest BCUT2D eigenvalue weighted by atomic mass is 9.92. The van der Waals surface area contributed by atoms with Gasteiger partial charge in [0.1, 0.15) is 5.75 Å². The van der Waals surface area contributed by atoms with E-state index < -0.39 is 11.4 Å². The van der Waals surface area contributed by atoms with Crippen molar-refractivity contribution in [2.75, 3.05) is 6.61 Å². The molecule has 5 heteroatoms. The molecule has 0 saturated heterocycles. The van der Waals surface area contributed by atoms with E-state index in [1.807, 2.05) is 13.8 Å². The Labute approximate surface area is 99.7 Å². The molecule has 0 aromatic carbocycles. The Hall–Kier alpha value is -2.09. The Balaban J connectivity index is 2.56. The van der Waals surface area contributed by atoms with Gasteiger partial charge in [0.15, 0.2) is 0 Å². The zero-order valence-corrected chi connectivity index (χ0v) is 9.80. The molecule has 1 N–H and O–H groups in total. The van der Waals surface area contributed by atoms with Gasteiger partial charge in [-0.25, -0.2) is 4.79 Å². The monoisotopic (exact) mass is 234 g/mol. The molecule has 0 saturated carbocycles. The van der Waals surface area contributed by atoms with Crippen LogP contribution in [-0.4, -0.2) is 22.7 Å². The van der Waals surface area contributed by atoms with Gasteiger partial charge in [-0.3, -0.25) is 4.98 Å². The number of carbonyl (C=O) groups is 1. The fraction of sp³-hybridized carbons (Fsp3) is 0.417. The van der Waals surface area contributed by atoms with Crippen molar-refractivity contribution in [2.24, 2.45) is 5.41 Å². The van der Waals surface area contributed by atoms with Crippen molar-refractivity contribution >= 4 is 5.97 Å². The molecule has 0 unspecified atom stereocenters. The minimum atomic E-state index is -1.04. The maximum absolute atomic E-state index is 10.7. The maximum atomic E-state index is 10.7. The zero-order chi connectivity index (χ0) is 12.9. The summed E-state index contributed by atoms with van der Waals surface area (Å²) in [6, 6.07) is 3.58. The fourth-order valence-electron chi connectivity index (χ4n) is 1.09. The number of hydrogen-bond donors (Lipinski definition) is 1. The number of pyridine rings is 1. The molecule has 1 aromatic heterocycles. The van der Waals surface area contributed by atoms with Crippen molar-refractivity contribution in [3.63, 3.8) is 0 Å². The quantitative estimate of drug-likeness (QED) is 0.843. The average molecular weight is 234 g/mol. The second kappa shape index (κ2) is 5.30. The van der Waals surface area contributed by atoms with Crippen LogP contribution in [0.4, 0.5) is 0 Å². The molecule has 17 heavy (non-hydrogen) atoms. The van der Waals surface area contributed by atoms with E-state index in [2.05, 4.69) is 11.1 Å². The van der Waals surface area contributed by atoms with Crippen LogP contribution in [-0.2, 0) is 0 Å². The van der Waals surface area contributed by atoms with Crippen molar-refractivity contribution in [3.8, 4) is 11.8 Å². The molecule has 0 aliphatic heterocycles. The number of aromatic nitrogens is 1. The summed E-state index contributed by atoms with van der Waals surface area (Å²) in [6.07, 6.45) is 3.28. The van der Waals surface area contributed by atoms with E-state index in [-0.39, 0.29) is 5.56 Å². The largest absolute Gasteiger partial charge is 0.492 e. The Bertz CT molecular complexity index is 449. The highest BCUT2D eigenvalue weighted by Gasteiger charge is 2.16. The molecule has 1 heterocycles. The number of aromatic carboxylic acids is 1. The Morgan fingerprint density at radius 2 is 2.29 bits per heavy atom. The summed E-state index contributed by atoms with van der Waals surface area (Å²) >= 11 is 0. The normalized spacial score (nSPS) is 10.6. The van der Waals surface area contributed by atoms with Crippen LogP contribution in [0.2, 0.25) is 0 Å². The minimum absolute atomic E-state index is 0.0852. The average Bonchev–Trinajstić information content (AvgIpc) is 2.29. The molecule has 0 aliphatic rings. The number of rotatable bonds is 5. The molecule has 90 valence electrons. The van der Waals surface area contributed by atoms with Gasteiger partial charge in [-0.1, -0.05) is 0 Å². The number of hydrogen-bond acceptors (Lipinski definition) is 4. The van der Waals surface area contributed by atoms with E-state index >= 15 is 0 Å². The third-order valence-electron chi connectivity index (χ3n) is 2.26. The first kappa shape index (κ1) is 13.0. The molecule has 0 spiro atoms. The fourth-order valence-corrected chi connectivity index (χ4v) is 1.09. The molecule has 5 nitrogen and oxygen atoms in total. The Morgan fingerprint density at radius 1 is 1.59 bits per heavy atom. The molecule has 0 aliphatic carbocycles. The first-order valence-corrected chi connectivity index (χ1v) is 5.17. The van der Waals surface area contributed by atoms with Gasteiger partial charge in [0, 0.05) is 6.20 Å². The molecule has 0 amide bonds.